The maximum Gasteiger partial charge on any atom is 0.0121 e. The summed E-state index contributed by atoms with van der Waals surface area (Å²) in [5.74, 6) is 1.43. The summed E-state index contributed by atoms with van der Waals surface area (Å²) >= 11 is 0. The van der Waals surface area contributed by atoms with Crippen molar-refractivity contribution in [3.8, 4) is 0 Å². The Morgan fingerprint density at radius 2 is 1.71 bits per heavy atom. The Kier molecular flexibility index (Phi) is 6.28. The Morgan fingerprint density at radius 1 is 1.06 bits per heavy atom. The molecule has 1 rings (SSSR count). The lowest BCUT2D eigenvalue weighted by Crippen LogP contribution is -2.41. The highest BCUT2D eigenvalue weighted by Gasteiger charge is 2.22. The van der Waals surface area contributed by atoms with Gasteiger partial charge >= 0.3 is 0 Å². The zero-order valence-corrected chi connectivity index (χ0v) is 11.7. The van der Waals surface area contributed by atoms with Gasteiger partial charge in [-0.1, -0.05) is 64.4 Å². The van der Waals surface area contributed by atoms with Crippen molar-refractivity contribution in [1.82, 2.24) is 5.32 Å². The average molecular weight is 233 g/mol. The molecule has 0 aliphatic carbocycles. The van der Waals surface area contributed by atoms with Crippen molar-refractivity contribution in [2.24, 2.45) is 11.8 Å². The van der Waals surface area contributed by atoms with Crippen LogP contribution < -0.4 is 5.32 Å². The molecule has 0 radical (unpaired) electrons. The van der Waals surface area contributed by atoms with Gasteiger partial charge in [0.05, 0.1) is 0 Å². The molecule has 0 aliphatic rings. The average Bonchev–Trinajstić information content (AvgIpc) is 2.34. The lowest BCUT2D eigenvalue weighted by Gasteiger charge is -2.30. The van der Waals surface area contributed by atoms with E-state index in [4.69, 9.17) is 0 Å². The first-order chi connectivity index (χ1) is 8.19. The number of hydrogen-bond donors (Lipinski definition) is 1. The maximum atomic E-state index is 3.65. The first kappa shape index (κ1) is 14.2. The van der Waals surface area contributed by atoms with Crippen molar-refractivity contribution in [2.45, 2.75) is 46.6 Å². The van der Waals surface area contributed by atoms with Crippen molar-refractivity contribution in [2.75, 3.05) is 6.54 Å². The molecule has 17 heavy (non-hydrogen) atoms. The van der Waals surface area contributed by atoms with E-state index in [2.05, 4.69) is 63.3 Å². The molecule has 1 aromatic rings. The number of benzene rings is 1. The van der Waals surface area contributed by atoms with E-state index in [0.29, 0.717) is 12.0 Å². The first-order valence-electron chi connectivity index (χ1n) is 6.96. The molecule has 0 spiro atoms. The Labute approximate surface area is 107 Å². The van der Waals surface area contributed by atoms with Crippen LogP contribution >= 0.6 is 0 Å². The topological polar surface area (TPSA) is 12.0 Å². The molecule has 0 bridgehead atoms. The van der Waals surface area contributed by atoms with E-state index in [1.54, 1.807) is 0 Å². The summed E-state index contributed by atoms with van der Waals surface area (Å²) in [6, 6.07) is 11.5. The van der Waals surface area contributed by atoms with E-state index in [1.165, 1.54) is 18.4 Å². The Bertz CT molecular complexity index is 292. The van der Waals surface area contributed by atoms with Crippen molar-refractivity contribution in [3.05, 3.63) is 35.9 Å². The van der Waals surface area contributed by atoms with E-state index < -0.39 is 0 Å². The molecule has 0 saturated heterocycles. The third kappa shape index (κ3) is 4.51. The summed E-state index contributed by atoms with van der Waals surface area (Å²) < 4.78 is 0. The van der Waals surface area contributed by atoms with Gasteiger partial charge in [0.25, 0.3) is 0 Å². The summed E-state index contributed by atoms with van der Waals surface area (Å²) in [6.45, 7) is 10.2. The Balaban J connectivity index is 2.69. The highest BCUT2D eigenvalue weighted by Crippen LogP contribution is 2.21. The molecule has 0 aliphatic heterocycles. The second-order valence-corrected chi connectivity index (χ2v) is 5.19. The van der Waals surface area contributed by atoms with E-state index in [-0.39, 0.29) is 0 Å². The number of nitrogens with one attached hydrogen (secondary N) is 1. The van der Waals surface area contributed by atoms with Crippen molar-refractivity contribution in [3.63, 3.8) is 0 Å². The van der Waals surface area contributed by atoms with Crippen LogP contribution in [-0.4, -0.2) is 12.6 Å². The molecule has 96 valence electrons. The smallest absolute Gasteiger partial charge is 0.0121 e. The molecule has 0 heterocycles. The molecule has 0 fully saturated rings. The Hall–Kier alpha value is -0.820. The van der Waals surface area contributed by atoms with Crippen LogP contribution in [0.25, 0.3) is 0 Å². The molecule has 0 amide bonds. The molecule has 2 atom stereocenters. The minimum Gasteiger partial charge on any atom is -0.314 e. The molecule has 1 nitrogen and oxygen atoms in total. The standard InChI is InChI=1S/C16H27N/c1-5-15(16(13(3)4)17-6-2)12-14-10-8-7-9-11-14/h7-11,13,15-17H,5-6,12H2,1-4H3. The number of hydrogen-bond acceptors (Lipinski definition) is 1. The molecular weight excluding hydrogens is 206 g/mol. The van der Waals surface area contributed by atoms with Crippen molar-refractivity contribution in [1.29, 1.82) is 0 Å². The van der Waals surface area contributed by atoms with Crippen LogP contribution in [0.1, 0.15) is 39.7 Å². The largest absolute Gasteiger partial charge is 0.314 e. The fourth-order valence-corrected chi connectivity index (χ4v) is 2.62. The van der Waals surface area contributed by atoms with Gasteiger partial charge in [-0.05, 0) is 30.4 Å². The lowest BCUT2D eigenvalue weighted by atomic mass is 9.84. The maximum absolute atomic E-state index is 3.65. The zero-order valence-electron chi connectivity index (χ0n) is 11.7. The minimum atomic E-state index is 0.630. The zero-order chi connectivity index (χ0) is 12.7. The van der Waals surface area contributed by atoms with E-state index in [0.717, 1.165) is 12.5 Å². The molecule has 1 heteroatoms. The van der Waals surface area contributed by atoms with Gasteiger partial charge in [-0.2, -0.15) is 0 Å². The van der Waals surface area contributed by atoms with Crippen LogP contribution in [0.5, 0.6) is 0 Å². The molecule has 1 aromatic carbocycles. The van der Waals surface area contributed by atoms with E-state index in [1.807, 2.05) is 0 Å². The summed E-state index contributed by atoms with van der Waals surface area (Å²) in [5, 5.41) is 3.65. The fraction of sp³-hybridized carbons (Fsp3) is 0.625. The van der Waals surface area contributed by atoms with E-state index in [9.17, 15) is 0 Å². The SMILES string of the molecule is CCNC(C(C)C)C(CC)Cc1ccccc1. The van der Waals surface area contributed by atoms with Gasteiger partial charge in [0, 0.05) is 6.04 Å². The quantitative estimate of drug-likeness (QED) is 0.753. The predicted molar refractivity (Wildman–Crippen MR) is 76.2 cm³/mol. The fourth-order valence-electron chi connectivity index (χ4n) is 2.62. The molecule has 2 unspecified atom stereocenters. The second kappa shape index (κ2) is 7.50. The molecular formula is C16H27N. The summed E-state index contributed by atoms with van der Waals surface area (Å²) in [6.07, 6.45) is 2.43. The third-order valence-electron chi connectivity index (χ3n) is 3.53. The van der Waals surface area contributed by atoms with Crippen LogP contribution in [0.4, 0.5) is 0 Å². The van der Waals surface area contributed by atoms with Gasteiger partial charge in [0.15, 0.2) is 0 Å². The Morgan fingerprint density at radius 3 is 2.18 bits per heavy atom. The van der Waals surface area contributed by atoms with Gasteiger partial charge in [0.2, 0.25) is 0 Å². The highest BCUT2D eigenvalue weighted by atomic mass is 14.9. The molecule has 0 aromatic heterocycles. The molecule has 1 N–H and O–H groups in total. The van der Waals surface area contributed by atoms with Crippen LogP contribution in [0, 0.1) is 11.8 Å². The summed E-state index contributed by atoms with van der Waals surface area (Å²) in [4.78, 5) is 0. The van der Waals surface area contributed by atoms with Crippen LogP contribution in [-0.2, 0) is 6.42 Å². The van der Waals surface area contributed by atoms with Crippen molar-refractivity contribution < 1.29 is 0 Å². The summed E-state index contributed by atoms with van der Waals surface area (Å²) in [5.41, 5.74) is 1.46. The van der Waals surface area contributed by atoms with Gasteiger partial charge in [-0.3, -0.25) is 0 Å². The molecule has 0 saturated carbocycles. The normalized spacial score (nSPS) is 14.9. The van der Waals surface area contributed by atoms with Crippen LogP contribution in [0.3, 0.4) is 0 Å². The van der Waals surface area contributed by atoms with Crippen molar-refractivity contribution >= 4 is 0 Å². The van der Waals surface area contributed by atoms with Crippen LogP contribution in [0.2, 0.25) is 0 Å². The third-order valence-corrected chi connectivity index (χ3v) is 3.53. The monoisotopic (exact) mass is 233 g/mol. The van der Waals surface area contributed by atoms with Gasteiger partial charge in [0.1, 0.15) is 0 Å². The van der Waals surface area contributed by atoms with Crippen LogP contribution in [0.15, 0.2) is 30.3 Å². The minimum absolute atomic E-state index is 0.630. The lowest BCUT2D eigenvalue weighted by molar-refractivity contribution is 0.277. The second-order valence-electron chi connectivity index (χ2n) is 5.19. The highest BCUT2D eigenvalue weighted by molar-refractivity contribution is 5.15. The van der Waals surface area contributed by atoms with Gasteiger partial charge in [-0.25, -0.2) is 0 Å². The predicted octanol–water partition coefficient (Wildman–Crippen LogP) is 3.89. The summed E-state index contributed by atoms with van der Waals surface area (Å²) in [7, 11) is 0. The van der Waals surface area contributed by atoms with Gasteiger partial charge < -0.3 is 5.32 Å². The van der Waals surface area contributed by atoms with E-state index >= 15 is 0 Å². The first-order valence-corrected chi connectivity index (χ1v) is 6.96. The number of rotatable bonds is 7. The van der Waals surface area contributed by atoms with Gasteiger partial charge in [-0.15, -0.1) is 0 Å².